The highest BCUT2D eigenvalue weighted by Crippen LogP contribution is 2.21. The summed E-state index contributed by atoms with van der Waals surface area (Å²) in [6.45, 7) is 2.50. The maximum Gasteiger partial charge on any atom is 0.407 e. The van der Waals surface area contributed by atoms with Crippen LogP contribution in [-0.4, -0.2) is 83.0 Å². The van der Waals surface area contributed by atoms with E-state index < -0.39 is 18.1 Å². The summed E-state index contributed by atoms with van der Waals surface area (Å²) in [7, 11) is 0. The van der Waals surface area contributed by atoms with Crippen molar-refractivity contribution in [1.82, 2.24) is 14.7 Å². The van der Waals surface area contributed by atoms with Crippen molar-refractivity contribution in [1.29, 1.82) is 0 Å². The largest absolute Gasteiger partial charge is 0.465 e. The lowest BCUT2D eigenvalue weighted by Gasteiger charge is -2.37. The van der Waals surface area contributed by atoms with E-state index in [4.69, 9.17) is 5.11 Å². The van der Waals surface area contributed by atoms with E-state index >= 15 is 0 Å². The zero-order valence-electron chi connectivity index (χ0n) is 12.1. The van der Waals surface area contributed by atoms with Crippen molar-refractivity contribution in [3.05, 3.63) is 0 Å². The van der Waals surface area contributed by atoms with E-state index in [-0.39, 0.29) is 12.5 Å². The molecule has 21 heavy (non-hydrogen) atoms. The quantitative estimate of drug-likeness (QED) is 0.842. The maximum absolute atomic E-state index is 13.0. The molecular weight excluding hydrogens is 284 g/mol. The average molecular weight is 305 g/mol. The van der Waals surface area contributed by atoms with Crippen molar-refractivity contribution in [2.24, 2.45) is 0 Å². The molecule has 0 unspecified atom stereocenters. The second-order valence-electron chi connectivity index (χ2n) is 5.81. The molecule has 2 fully saturated rings. The van der Waals surface area contributed by atoms with Gasteiger partial charge in [0.15, 0.2) is 0 Å². The summed E-state index contributed by atoms with van der Waals surface area (Å²) in [6, 6.07) is -0.610. The van der Waals surface area contributed by atoms with Crippen LogP contribution in [-0.2, 0) is 4.79 Å². The molecule has 6 nitrogen and oxygen atoms in total. The van der Waals surface area contributed by atoms with Crippen LogP contribution >= 0.6 is 0 Å². The lowest BCUT2D eigenvalue weighted by atomic mass is 10.1. The Hall–Kier alpha value is -1.44. The highest BCUT2D eigenvalue weighted by molar-refractivity contribution is 5.86. The number of carboxylic acid groups (broad SMARTS) is 1. The number of nitrogens with zero attached hydrogens (tertiary/aromatic N) is 3. The van der Waals surface area contributed by atoms with Gasteiger partial charge in [-0.1, -0.05) is 0 Å². The van der Waals surface area contributed by atoms with Gasteiger partial charge in [-0.3, -0.25) is 14.6 Å². The molecule has 0 aromatic heterocycles. The summed E-state index contributed by atoms with van der Waals surface area (Å²) in [5.41, 5.74) is 0. The van der Waals surface area contributed by atoms with Crippen LogP contribution in [0.5, 0.6) is 0 Å². The molecule has 0 bridgehead atoms. The lowest BCUT2D eigenvalue weighted by Crippen LogP contribution is -2.55. The fourth-order valence-corrected chi connectivity index (χ4v) is 2.98. The summed E-state index contributed by atoms with van der Waals surface area (Å²) in [6.07, 6.45) is 0.151. The molecule has 2 aliphatic rings. The zero-order chi connectivity index (χ0) is 15.6. The van der Waals surface area contributed by atoms with E-state index in [2.05, 4.69) is 0 Å². The number of halogens is 2. The number of carbonyl (C=O) groups is 2. The van der Waals surface area contributed by atoms with Gasteiger partial charge in [-0.05, 0) is 12.8 Å². The number of amides is 2. The van der Waals surface area contributed by atoms with Gasteiger partial charge >= 0.3 is 6.09 Å². The lowest BCUT2D eigenvalue weighted by molar-refractivity contribution is -0.137. The Morgan fingerprint density at radius 1 is 1.19 bits per heavy atom. The monoisotopic (exact) mass is 305 g/mol. The molecule has 2 amide bonds. The summed E-state index contributed by atoms with van der Waals surface area (Å²) in [5, 5.41) is 9.06. The molecule has 120 valence electrons. The van der Waals surface area contributed by atoms with Gasteiger partial charge in [0, 0.05) is 39.6 Å². The first-order chi connectivity index (χ1) is 9.78. The Kier molecular flexibility index (Phi) is 4.65. The molecular formula is C13H21F2N3O3. The van der Waals surface area contributed by atoms with Gasteiger partial charge < -0.3 is 10.0 Å². The van der Waals surface area contributed by atoms with Crippen molar-refractivity contribution in [3.63, 3.8) is 0 Å². The van der Waals surface area contributed by atoms with Crippen LogP contribution in [0.1, 0.15) is 19.8 Å². The second kappa shape index (κ2) is 6.13. The predicted molar refractivity (Wildman–Crippen MR) is 71.4 cm³/mol. The Bertz CT molecular complexity index is 406. The van der Waals surface area contributed by atoms with E-state index in [1.807, 2.05) is 0 Å². The topological polar surface area (TPSA) is 64.1 Å². The van der Waals surface area contributed by atoms with Gasteiger partial charge in [-0.15, -0.1) is 0 Å². The van der Waals surface area contributed by atoms with Crippen LogP contribution in [0.4, 0.5) is 13.6 Å². The number of likely N-dealkylation sites (tertiary alicyclic amines) is 1. The molecule has 2 rings (SSSR count). The number of alkyl halides is 2. The van der Waals surface area contributed by atoms with Crippen molar-refractivity contribution in [2.75, 3.05) is 39.3 Å². The first kappa shape index (κ1) is 15.9. The molecule has 0 spiro atoms. The number of rotatable bonds is 3. The van der Waals surface area contributed by atoms with E-state index in [0.717, 1.165) is 6.92 Å². The molecule has 1 atom stereocenters. The molecule has 8 heteroatoms. The van der Waals surface area contributed by atoms with Crippen LogP contribution in [0, 0.1) is 0 Å². The van der Waals surface area contributed by atoms with Crippen molar-refractivity contribution < 1.29 is 23.5 Å². The minimum absolute atomic E-state index is 0.196. The van der Waals surface area contributed by atoms with Crippen molar-refractivity contribution in [2.45, 2.75) is 31.7 Å². The Balaban J connectivity index is 1.87. The van der Waals surface area contributed by atoms with Crippen molar-refractivity contribution >= 4 is 12.0 Å². The first-order valence-corrected chi connectivity index (χ1v) is 7.16. The SMILES string of the molecule is CC(F)(F)CN1CCN(C(=O)[C@@H]2CCCN2C(=O)O)CC1. The smallest absolute Gasteiger partial charge is 0.407 e. The summed E-state index contributed by atoms with van der Waals surface area (Å²) < 4.78 is 25.9. The van der Waals surface area contributed by atoms with Gasteiger partial charge in [0.25, 0.3) is 5.92 Å². The van der Waals surface area contributed by atoms with Crippen LogP contribution in [0.15, 0.2) is 0 Å². The molecule has 0 aromatic rings. The molecule has 0 aromatic carbocycles. The number of carbonyl (C=O) groups excluding carboxylic acids is 1. The molecule has 2 aliphatic heterocycles. The Morgan fingerprint density at radius 2 is 1.81 bits per heavy atom. The molecule has 0 radical (unpaired) electrons. The van der Waals surface area contributed by atoms with Crippen LogP contribution in [0.3, 0.4) is 0 Å². The summed E-state index contributed by atoms with van der Waals surface area (Å²) in [5.74, 6) is -2.93. The van der Waals surface area contributed by atoms with Gasteiger partial charge in [-0.25, -0.2) is 13.6 Å². The molecule has 2 heterocycles. The van der Waals surface area contributed by atoms with Gasteiger partial charge in [-0.2, -0.15) is 0 Å². The minimum Gasteiger partial charge on any atom is -0.465 e. The van der Waals surface area contributed by atoms with E-state index in [1.54, 1.807) is 9.80 Å². The summed E-state index contributed by atoms with van der Waals surface area (Å²) >= 11 is 0. The zero-order valence-corrected chi connectivity index (χ0v) is 12.1. The number of hydrogen-bond acceptors (Lipinski definition) is 3. The van der Waals surface area contributed by atoms with Crippen LogP contribution in [0.2, 0.25) is 0 Å². The number of hydrogen-bond donors (Lipinski definition) is 1. The van der Waals surface area contributed by atoms with Gasteiger partial charge in [0.05, 0.1) is 6.54 Å². The maximum atomic E-state index is 13.0. The fourth-order valence-electron chi connectivity index (χ4n) is 2.98. The molecule has 0 aliphatic carbocycles. The van der Waals surface area contributed by atoms with E-state index in [9.17, 15) is 18.4 Å². The second-order valence-corrected chi connectivity index (χ2v) is 5.81. The Morgan fingerprint density at radius 3 is 2.33 bits per heavy atom. The Labute approximate surface area is 122 Å². The van der Waals surface area contributed by atoms with Crippen LogP contribution in [0.25, 0.3) is 0 Å². The fraction of sp³-hybridized carbons (Fsp3) is 0.846. The third kappa shape index (κ3) is 4.03. The highest BCUT2D eigenvalue weighted by Gasteiger charge is 2.38. The first-order valence-electron chi connectivity index (χ1n) is 7.16. The van der Waals surface area contributed by atoms with E-state index in [1.165, 1.54) is 4.90 Å². The van der Waals surface area contributed by atoms with Gasteiger partial charge in [0.2, 0.25) is 5.91 Å². The van der Waals surface area contributed by atoms with Crippen molar-refractivity contribution in [3.8, 4) is 0 Å². The predicted octanol–water partition coefficient (Wildman–Crippen LogP) is 0.928. The minimum atomic E-state index is -2.74. The third-order valence-electron chi connectivity index (χ3n) is 3.97. The summed E-state index contributed by atoms with van der Waals surface area (Å²) in [4.78, 5) is 27.8. The average Bonchev–Trinajstić information content (AvgIpc) is 2.86. The normalized spacial score (nSPS) is 24.4. The highest BCUT2D eigenvalue weighted by atomic mass is 19.3. The van der Waals surface area contributed by atoms with Crippen LogP contribution < -0.4 is 0 Å². The molecule has 1 N–H and O–H groups in total. The van der Waals surface area contributed by atoms with Gasteiger partial charge in [0.1, 0.15) is 6.04 Å². The molecule has 2 saturated heterocycles. The molecule has 0 saturated carbocycles. The van der Waals surface area contributed by atoms with E-state index in [0.29, 0.717) is 45.6 Å². The standard InChI is InChI=1S/C13H21F2N3O3/c1-13(14,15)9-16-5-7-17(8-6-16)11(19)10-3-2-4-18(10)12(20)21/h10H,2-9H2,1H3,(H,20,21)/t10-/m0/s1. The third-order valence-corrected chi connectivity index (χ3v) is 3.97. The number of piperazine rings is 1.